The Morgan fingerprint density at radius 2 is 2.22 bits per heavy atom. The smallest absolute Gasteiger partial charge is 0.339 e. The van der Waals surface area contributed by atoms with Crippen LogP contribution in [0.25, 0.3) is 11.0 Å². The second-order valence-corrected chi connectivity index (χ2v) is 3.63. The van der Waals surface area contributed by atoms with Crippen LogP contribution in [0, 0.1) is 0 Å². The second kappa shape index (κ2) is 4.44. The molecular weight excluding hydrogens is 238 g/mol. The number of pyridine rings is 1. The summed E-state index contributed by atoms with van der Waals surface area (Å²) in [4.78, 5) is 41.0. The van der Waals surface area contributed by atoms with Crippen LogP contribution in [0.2, 0.25) is 0 Å². The third kappa shape index (κ3) is 1.90. The largest absolute Gasteiger partial charge is 0.462 e. The van der Waals surface area contributed by atoms with Crippen LogP contribution in [0.1, 0.15) is 17.3 Å². The van der Waals surface area contributed by atoms with E-state index in [1.54, 1.807) is 6.92 Å². The monoisotopic (exact) mass is 249 g/mol. The summed E-state index contributed by atoms with van der Waals surface area (Å²) in [5, 5.41) is 0.169. The molecule has 1 N–H and O–H groups in total. The number of carbonyl (C=O) groups excluding carboxylic acids is 1. The number of nitrogens with zero attached hydrogens (tertiary/aromatic N) is 2. The third-order valence-corrected chi connectivity index (χ3v) is 2.46. The van der Waals surface area contributed by atoms with Crippen LogP contribution in [-0.4, -0.2) is 27.1 Å². The Bertz CT molecular complexity index is 729. The lowest BCUT2D eigenvalue weighted by Crippen LogP contribution is -2.32. The second-order valence-electron chi connectivity index (χ2n) is 3.63. The van der Waals surface area contributed by atoms with Crippen molar-refractivity contribution in [3.8, 4) is 0 Å². The van der Waals surface area contributed by atoms with Gasteiger partial charge in [0.1, 0.15) is 5.65 Å². The van der Waals surface area contributed by atoms with Gasteiger partial charge in [-0.05, 0) is 13.0 Å². The highest BCUT2D eigenvalue weighted by molar-refractivity contribution is 5.92. The molecule has 0 unspecified atom stereocenters. The number of fused-ring (bicyclic) bond motifs is 1. The van der Waals surface area contributed by atoms with Gasteiger partial charge in [0.15, 0.2) is 0 Å². The Morgan fingerprint density at radius 1 is 1.50 bits per heavy atom. The van der Waals surface area contributed by atoms with E-state index < -0.39 is 17.2 Å². The summed E-state index contributed by atoms with van der Waals surface area (Å²) in [5.41, 5.74) is -0.735. The molecule has 7 heteroatoms. The van der Waals surface area contributed by atoms with E-state index in [0.717, 1.165) is 4.57 Å². The highest BCUT2D eigenvalue weighted by Gasteiger charge is 2.11. The fourth-order valence-corrected chi connectivity index (χ4v) is 1.51. The molecule has 0 aromatic carbocycles. The van der Waals surface area contributed by atoms with Crippen molar-refractivity contribution in [2.75, 3.05) is 6.61 Å². The Labute approximate surface area is 101 Å². The molecule has 0 atom stereocenters. The van der Waals surface area contributed by atoms with Crippen LogP contribution in [0.3, 0.4) is 0 Å². The molecule has 0 saturated carbocycles. The average molecular weight is 249 g/mol. The molecule has 2 aromatic rings. The van der Waals surface area contributed by atoms with E-state index in [2.05, 4.69) is 9.97 Å². The fourth-order valence-electron chi connectivity index (χ4n) is 1.51. The molecule has 2 heterocycles. The van der Waals surface area contributed by atoms with Gasteiger partial charge in [-0.15, -0.1) is 0 Å². The summed E-state index contributed by atoms with van der Waals surface area (Å²) in [6.45, 7) is 1.92. The van der Waals surface area contributed by atoms with Crippen molar-refractivity contribution in [1.82, 2.24) is 14.5 Å². The quantitative estimate of drug-likeness (QED) is 0.744. The van der Waals surface area contributed by atoms with Gasteiger partial charge in [0.25, 0.3) is 5.56 Å². The first-order valence-corrected chi connectivity index (χ1v) is 5.30. The lowest BCUT2D eigenvalue weighted by atomic mass is 10.2. The Balaban J connectivity index is 2.69. The molecule has 0 aliphatic heterocycles. The molecule has 0 aliphatic carbocycles. The summed E-state index contributed by atoms with van der Waals surface area (Å²) < 4.78 is 5.73. The maximum absolute atomic E-state index is 11.8. The number of esters is 1. The number of aromatic amines is 1. The molecule has 0 fully saturated rings. The number of ether oxygens (including phenoxy) is 1. The van der Waals surface area contributed by atoms with Crippen molar-refractivity contribution in [3.63, 3.8) is 0 Å². The molecule has 0 radical (unpaired) electrons. The van der Waals surface area contributed by atoms with Gasteiger partial charge in [-0.25, -0.2) is 14.6 Å². The fraction of sp³-hybridized carbons (Fsp3) is 0.273. The van der Waals surface area contributed by atoms with E-state index in [4.69, 9.17) is 4.74 Å². The SMILES string of the molecule is CCOC(=O)c1cnc2[nH]c(=O)n(C)c(=O)c2c1. The van der Waals surface area contributed by atoms with Crippen molar-refractivity contribution < 1.29 is 9.53 Å². The van der Waals surface area contributed by atoms with Crippen LogP contribution < -0.4 is 11.2 Å². The van der Waals surface area contributed by atoms with Crippen LogP contribution in [0.5, 0.6) is 0 Å². The highest BCUT2D eigenvalue weighted by atomic mass is 16.5. The summed E-state index contributed by atoms with van der Waals surface area (Å²) in [6.07, 6.45) is 1.26. The van der Waals surface area contributed by atoms with Gasteiger partial charge >= 0.3 is 11.7 Å². The van der Waals surface area contributed by atoms with Crippen molar-refractivity contribution in [2.24, 2.45) is 7.05 Å². The van der Waals surface area contributed by atoms with Crippen molar-refractivity contribution in [1.29, 1.82) is 0 Å². The minimum atomic E-state index is -0.555. The van der Waals surface area contributed by atoms with Crippen molar-refractivity contribution in [3.05, 3.63) is 38.7 Å². The lowest BCUT2D eigenvalue weighted by molar-refractivity contribution is 0.0526. The molecule has 18 heavy (non-hydrogen) atoms. The average Bonchev–Trinajstić information content (AvgIpc) is 2.36. The van der Waals surface area contributed by atoms with Gasteiger partial charge in [-0.3, -0.25) is 14.3 Å². The molecule has 2 aromatic heterocycles. The van der Waals surface area contributed by atoms with E-state index >= 15 is 0 Å². The van der Waals surface area contributed by atoms with Gasteiger partial charge in [0, 0.05) is 13.2 Å². The summed E-state index contributed by atoms with van der Waals surface area (Å²) in [7, 11) is 1.34. The molecule has 7 nitrogen and oxygen atoms in total. The van der Waals surface area contributed by atoms with Gasteiger partial charge in [-0.2, -0.15) is 0 Å². The number of hydrogen-bond acceptors (Lipinski definition) is 5. The molecule has 94 valence electrons. The highest BCUT2D eigenvalue weighted by Crippen LogP contribution is 2.06. The van der Waals surface area contributed by atoms with Crippen molar-refractivity contribution >= 4 is 17.0 Å². The molecule has 0 aliphatic rings. The van der Waals surface area contributed by atoms with Gasteiger partial charge < -0.3 is 4.74 Å². The summed E-state index contributed by atoms with van der Waals surface area (Å²) >= 11 is 0. The zero-order valence-electron chi connectivity index (χ0n) is 9.89. The number of aromatic nitrogens is 3. The van der Waals surface area contributed by atoms with Gasteiger partial charge in [-0.1, -0.05) is 0 Å². The molecular formula is C11H11N3O4. The van der Waals surface area contributed by atoms with E-state index in [9.17, 15) is 14.4 Å². The number of nitrogens with one attached hydrogen (secondary N) is 1. The van der Waals surface area contributed by atoms with Crippen molar-refractivity contribution in [2.45, 2.75) is 6.92 Å². The third-order valence-electron chi connectivity index (χ3n) is 2.46. The summed E-state index contributed by atoms with van der Waals surface area (Å²) in [6, 6.07) is 1.36. The molecule has 0 spiro atoms. The van der Waals surface area contributed by atoms with Gasteiger partial charge in [0.05, 0.1) is 17.6 Å². The minimum Gasteiger partial charge on any atom is -0.462 e. The first kappa shape index (κ1) is 12.0. The lowest BCUT2D eigenvalue weighted by Gasteiger charge is -2.03. The molecule has 0 saturated heterocycles. The molecule has 0 bridgehead atoms. The van der Waals surface area contributed by atoms with E-state index in [1.807, 2.05) is 0 Å². The van der Waals surface area contributed by atoms with E-state index in [-0.39, 0.29) is 23.2 Å². The maximum Gasteiger partial charge on any atom is 0.339 e. The van der Waals surface area contributed by atoms with E-state index in [1.165, 1.54) is 19.3 Å². The van der Waals surface area contributed by atoms with Crippen LogP contribution in [0.4, 0.5) is 0 Å². The normalized spacial score (nSPS) is 10.6. The first-order chi connectivity index (χ1) is 8.54. The maximum atomic E-state index is 11.8. The Hall–Kier alpha value is -2.44. The number of hydrogen-bond donors (Lipinski definition) is 1. The standard InChI is InChI=1S/C11H11N3O4/c1-3-18-10(16)6-4-7-8(12-5-6)13-11(17)14(2)9(7)15/h4-5H,3H2,1-2H3,(H,12,13,17). The van der Waals surface area contributed by atoms with Crippen LogP contribution in [0.15, 0.2) is 21.9 Å². The number of H-pyrrole nitrogens is 1. The first-order valence-electron chi connectivity index (χ1n) is 5.30. The zero-order valence-corrected chi connectivity index (χ0v) is 9.89. The van der Waals surface area contributed by atoms with E-state index in [0.29, 0.717) is 0 Å². The summed E-state index contributed by atoms with van der Waals surface area (Å²) in [5.74, 6) is -0.555. The zero-order chi connectivity index (χ0) is 13.3. The topological polar surface area (TPSA) is 94.0 Å². The predicted molar refractivity (Wildman–Crippen MR) is 63.6 cm³/mol. The van der Waals surface area contributed by atoms with Crippen LogP contribution in [-0.2, 0) is 11.8 Å². The Morgan fingerprint density at radius 3 is 2.89 bits per heavy atom. The molecule has 2 rings (SSSR count). The minimum absolute atomic E-state index is 0.149. The molecule has 0 amide bonds. The predicted octanol–water partition coefficient (Wildman–Crippen LogP) is -0.202. The Kier molecular flexibility index (Phi) is 2.97. The number of rotatable bonds is 2. The number of carbonyl (C=O) groups is 1. The van der Waals surface area contributed by atoms with Crippen LogP contribution >= 0.6 is 0 Å². The van der Waals surface area contributed by atoms with Gasteiger partial charge in [0.2, 0.25) is 0 Å².